The summed E-state index contributed by atoms with van der Waals surface area (Å²) in [4.78, 5) is 31.2. The highest BCUT2D eigenvalue weighted by Crippen LogP contribution is 2.33. The van der Waals surface area contributed by atoms with Crippen molar-refractivity contribution in [3.63, 3.8) is 0 Å². The Kier molecular flexibility index (Phi) is 4.94. The third-order valence-electron chi connectivity index (χ3n) is 5.38. The quantitative estimate of drug-likeness (QED) is 0.853. The third kappa shape index (κ3) is 3.33. The summed E-state index contributed by atoms with van der Waals surface area (Å²) in [6.45, 7) is 2.71. The first-order chi connectivity index (χ1) is 11.6. The van der Waals surface area contributed by atoms with Gasteiger partial charge in [-0.05, 0) is 43.7 Å². The van der Waals surface area contributed by atoms with Crippen LogP contribution < -0.4 is 0 Å². The largest absolute Gasteiger partial charge is 0.339 e. The van der Waals surface area contributed by atoms with Crippen LogP contribution in [0.2, 0.25) is 0 Å². The van der Waals surface area contributed by atoms with Crippen LogP contribution in [0, 0.1) is 23.2 Å². The number of pyridine rings is 1. The van der Waals surface area contributed by atoms with Gasteiger partial charge in [-0.1, -0.05) is 13.0 Å². The zero-order valence-corrected chi connectivity index (χ0v) is 14.0. The predicted molar refractivity (Wildman–Crippen MR) is 88.8 cm³/mol. The number of carbonyl (C=O) groups excluding carboxylic acids is 2. The van der Waals surface area contributed by atoms with E-state index in [2.05, 4.69) is 18.0 Å². The topological polar surface area (TPSA) is 74.1 Å². The van der Waals surface area contributed by atoms with E-state index in [0.29, 0.717) is 12.2 Å². The zero-order chi connectivity index (χ0) is 17.1. The van der Waals surface area contributed by atoms with Gasteiger partial charge in [0, 0.05) is 31.1 Å². The lowest BCUT2D eigenvalue weighted by Crippen LogP contribution is -2.39. The molecule has 1 aromatic rings. The maximum absolute atomic E-state index is 12.8. The Morgan fingerprint density at radius 2 is 2.08 bits per heavy atom. The summed E-state index contributed by atoms with van der Waals surface area (Å²) in [6, 6.07) is 7.56. The van der Waals surface area contributed by atoms with E-state index < -0.39 is 5.92 Å². The molecule has 2 aliphatic rings. The summed E-state index contributed by atoms with van der Waals surface area (Å²) in [7, 11) is 0. The van der Waals surface area contributed by atoms with Gasteiger partial charge in [0.1, 0.15) is 5.92 Å². The molecule has 1 aromatic heterocycles. The van der Waals surface area contributed by atoms with Crippen LogP contribution in [0.15, 0.2) is 24.4 Å². The Labute approximate surface area is 142 Å². The van der Waals surface area contributed by atoms with Gasteiger partial charge in [0.25, 0.3) is 0 Å². The van der Waals surface area contributed by atoms with Gasteiger partial charge >= 0.3 is 0 Å². The molecule has 2 atom stereocenters. The molecule has 1 aliphatic heterocycles. The molecule has 1 aliphatic carbocycles. The van der Waals surface area contributed by atoms with Crippen molar-refractivity contribution >= 4 is 11.7 Å². The van der Waals surface area contributed by atoms with Crippen molar-refractivity contribution in [2.45, 2.75) is 51.0 Å². The van der Waals surface area contributed by atoms with Gasteiger partial charge in [0.15, 0.2) is 5.78 Å². The smallest absolute Gasteiger partial charge is 0.223 e. The second-order valence-corrected chi connectivity index (χ2v) is 7.08. The van der Waals surface area contributed by atoms with Crippen LogP contribution in [0.5, 0.6) is 0 Å². The standard InChI is InChI=1S/C19H23N3O2/c1-13-5-7-15(8-6-13)22-12-14(10-18(22)23)19(24)16(11-20)17-4-2-3-9-21-17/h2-4,9,13-16H,5-8,10,12H2,1H3/t13?,14-,15?,16+/m0/s1. The van der Waals surface area contributed by atoms with E-state index in [1.807, 2.05) is 4.90 Å². The summed E-state index contributed by atoms with van der Waals surface area (Å²) in [5.74, 6) is -0.649. The highest BCUT2D eigenvalue weighted by molar-refractivity contribution is 5.95. The fourth-order valence-corrected chi connectivity index (χ4v) is 3.89. The van der Waals surface area contributed by atoms with Gasteiger partial charge in [-0.3, -0.25) is 14.6 Å². The minimum Gasteiger partial charge on any atom is -0.339 e. The monoisotopic (exact) mass is 325 g/mol. The number of nitrogens with zero attached hydrogens (tertiary/aromatic N) is 3. The Morgan fingerprint density at radius 1 is 1.33 bits per heavy atom. The lowest BCUT2D eigenvalue weighted by Gasteiger charge is -2.33. The molecule has 5 nitrogen and oxygen atoms in total. The van der Waals surface area contributed by atoms with Crippen molar-refractivity contribution in [1.29, 1.82) is 5.26 Å². The molecule has 1 saturated carbocycles. The molecule has 1 amide bonds. The number of nitriles is 1. The molecule has 2 heterocycles. The molecule has 0 N–H and O–H groups in total. The van der Waals surface area contributed by atoms with Crippen LogP contribution >= 0.6 is 0 Å². The van der Waals surface area contributed by atoms with Crippen molar-refractivity contribution < 1.29 is 9.59 Å². The van der Waals surface area contributed by atoms with Crippen molar-refractivity contribution in [2.24, 2.45) is 11.8 Å². The Balaban J connectivity index is 1.68. The average molecular weight is 325 g/mol. The first-order valence-electron chi connectivity index (χ1n) is 8.74. The fraction of sp³-hybridized carbons (Fsp3) is 0.579. The van der Waals surface area contributed by atoms with E-state index in [-0.39, 0.29) is 30.1 Å². The number of ketones is 1. The Morgan fingerprint density at radius 3 is 2.71 bits per heavy atom. The number of rotatable bonds is 4. The lowest BCUT2D eigenvalue weighted by molar-refractivity contribution is -0.130. The normalized spacial score (nSPS) is 28.4. The summed E-state index contributed by atoms with van der Waals surface area (Å²) in [5, 5.41) is 9.41. The van der Waals surface area contributed by atoms with Crippen molar-refractivity contribution in [2.75, 3.05) is 6.54 Å². The van der Waals surface area contributed by atoms with Gasteiger partial charge in [0.05, 0.1) is 11.8 Å². The number of hydrogen-bond acceptors (Lipinski definition) is 4. The van der Waals surface area contributed by atoms with Crippen LogP contribution in [0.4, 0.5) is 0 Å². The molecule has 3 rings (SSSR count). The second-order valence-electron chi connectivity index (χ2n) is 7.08. The van der Waals surface area contributed by atoms with Gasteiger partial charge in [-0.25, -0.2) is 0 Å². The van der Waals surface area contributed by atoms with Crippen molar-refractivity contribution in [3.8, 4) is 6.07 Å². The van der Waals surface area contributed by atoms with Crippen LogP contribution in [0.3, 0.4) is 0 Å². The minimum absolute atomic E-state index is 0.0608. The van der Waals surface area contributed by atoms with E-state index in [4.69, 9.17) is 0 Å². The van der Waals surface area contributed by atoms with E-state index in [1.165, 1.54) is 0 Å². The summed E-state index contributed by atoms with van der Waals surface area (Å²) < 4.78 is 0. The van der Waals surface area contributed by atoms with Crippen molar-refractivity contribution in [3.05, 3.63) is 30.1 Å². The molecular weight excluding hydrogens is 302 g/mol. The molecular formula is C19H23N3O2. The number of hydrogen-bond donors (Lipinski definition) is 0. The summed E-state index contributed by atoms with van der Waals surface area (Å²) in [5.41, 5.74) is 0.474. The maximum Gasteiger partial charge on any atom is 0.223 e. The van der Waals surface area contributed by atoms with Crippen LogP contribution in [-0.4, -0.2) is 34.2 Å². The van der Waals surface area contributed by atoms with Crippen molar-refractivity contribution in [1.82, 2.24) is 9.88 Å². The molecule has 2 fully saturated rings. The maximum atomic E-state index is 12.8. The number of likely N-dealkylation sites (tertiary alicyclic amines) is 1. The number of Topliss-reactive ketones (excluding diaryl/α,β-unsaturated/α-hetero) is 1. The second kappa shape index (κ2) is 7.12. The summed E-state index contributed by atoms with van der Waals surface area (Å²) in [6.07, 6.45) is 6.15. The molecule has 126 valence electrons. The molecule has 24 heavy (non-hydrogen) atoms. The minimum atomic E-state index is -0.879. The molecule has 5 heteroatoms. The zero-order valence-electron chi connectivity index (χ0n) is 14.0. The molecule has 0 radical (unpaired) electrons. The van der Waals surface area contributed by atoms with Gasteiger partial charge in [-0.2, -0.15) is 5.26 Å². The van der Waals surface area contributed by atoms with Crippen LogP contribution in [-0.2, 0) is 9.59 Å². The van der Waals surface area contributed by atoms with E-state index >= 15 is 0 Å². The lowest BCUT2D eigenvalue weighted by atomic mass is 9.86. The molecule has 0 spiro atoms. The number of aromatic nitrogens is 1. The van der Waals surface area contributed by atoms with Gasteiger partial charge in [0.2, 0.25) is 5.91 Å². The molecule has 0 unspecified atom stereocenters. The van der Waals surface area contributed by atoms with Crippen LogP contribution in [0.25, 0.3) is 0 Å². The van der Waals surface area contributed by atoms with Gasteiger partial charge < -0.3 is 4.90 Å². The first kappa shape index (κ1) is 16.6. The summed E-state index contributed by atoms with van der Waals surface area (Å²) >= 11 is 0. The Hall–Kier alpha value is -2.22. The predicted octanol–water partition coefficient (Wildman–Crippen LogP) is 2.69. The van der Waals surface area contributed by atoms with E-state index in [9.17, 15) is 14.9 Å². The fourth-order valence-electron chi connectivity index (χ4n) is 3.89. The molecule has 0 aromatic carbocycles. The molecule has 1 saturated heterocycles. The van der Waals surface area contributed by atoms with E-state index in [0.717, 1.165) is 31.6 Å². The third-order valence-corrected chi connectivity index (χ3v) is 5.38. The Bertz CT molecular complexity index is 644. The number of carbonyl (C=O) groups is 2. The molecule has 0 bridgehead atoms. The SMILES string of the molecule is CC1CCC(N2C[C@@H](C(=O)[C@H](C#N)c3ccccn3)CC2=O)CC1. The highest BCUT2D eigenvalue weighted by Gasteiger charge is 2.41. The van der Waals surface area contributed by atoms with Gasteiger partial charge in [-0.15, -0.1) is 0 Å². The van der Waals surface area contributed by atoms with E-state index in [1.54, 1.807) is 24.4 Å². The highest BCUT2D eigenvalue weighted by atomic mass is 16.2. The average Bonchev–Trinajstić information content (AvgIpc) is 2.99. The number of amides is 1. The van der Waals surface area contributed by atoms with Crippen LogP contribution in [0.1, 0.15) is 50.6 Å². The first-order valence-corrected chi connectivity index (χ1v) is 8.74.